The van der Waals surface area contributed by atoms with Crippen LogP contribution in [0.2, 0.25) is 0 Å². The fraction of sp³-hybridized carbons (Fsp3) is 0.448. The smallest absolute Gasteiger partial charge is 0.168 e. The van der Waals surface area contributed by atoms with Crippen molar-refractivity contribution in [3.63, 3.8) is 0 Å². The molecule has 0 bridgehead atoms. The van der Waals surface area contributed by atoms with E-state index >= 15 is 0 Å². The highest BCUT2D eigenvalue weighted by Gasteiger charge is 2.32. The molecule has 0 aromatic heterocycles. The number of ketones is 1. The van der Waals surface area contributed by atoms with Crippen molar-refractivity contribution in [2.45, 2.75) is 65.2 Å². The molecule has 0 spiro atoms. The molecule has 1 N–H and O–H groups in total. The molecule has 1 aliphatic carbocycles. The van der Waals surface area contributed by atoms with E-state index < -0.39 is 0 Å². The van der Waals surface area contributed by atoms with Gasteiger partial charge in [0.05, 0.1) is 18.8 Å². The van der Waals surface area contributed by atoms with Crippen LogP contribution in [0.3, 0.4) is 0 Å². The maximum Gasteiger partial charge on any atom is 0.168 e. The minimum Gasteiger partial charge on any atom is -0.511 e. The standard InChI is InChI=1S/C29H37NO4/c1-4-7-13-25(31)29-24(19-23(20-26(29)32)22-11-9-8-10-12-22)30-17-16-21-14-15-27(33-5-2)28(18-21)34-6-3/h8-12,14-15,18,23,31H,4-7,13,16-17,19-20H2,1-3H3/t23-/m0/s1. The van der Waals surface area contributed by atoms with Crippen molar-refractivity contribution >= 4 is 11.5 Å². The van der Waals surface area contributed by atoms with Gasteiger partial charge in [-0.05, 0) is 62.3 Å². The predicted octanol–water partition coefficient (Wildman–Crippen LogP) is 6.62. The number of aliphatic hydroxyl groups excluding tert-OH is 1. The number of unbranched alkanes of at least 4 members (excludes halogenated alkanes) is 1. The predicted molar refractivity (Wildman–Crippen MR) is 137 cm³/mol. The van der Waals surface area contributed by atoms with E-state index in [0.29, 0.717) is 51.0 Å². The Morgan fingerprint density at radius 3 is 2.44 bits per heavy atom. The van der Waals surface area contributed by atoms with Gasteiger partial charge in [0.1, 0.15) is 5.76 Å². The van der Waals surface area contributed by atoms with Gasteiger partial charge in [-0.3, -0.25) is 9.79 Å². The van der Waals surface area contributed by atoms with Gasteiger partial charge < -0.3 is 14.6 Å². The summed E-state index contributed by atoms with van der Waals surface area (Å²) >= 11 is 0. The highest BCUT2D eigenvalue weighted by molar-refractivity contribution is 6.24. The average Bonchev–Trinajstić information content (AvgIpc) is 2.84. The van der Waals surface area contributed by atoms with Gasteiger partial charge in [0.15, 0.2) is 17.3 Å². The molecule has 5 heteroatoms. The normalized spacial score (nSPS) is 18.7. The molecule has 5 nitrogen and oxygen atoms in total. The van der Waals surface area contributed by atoms with Crippen LogP contribution in [0.4, 0.5) is 0 Å². The van der Waals surface area contributed by atoms with Crippen LogP contribution in [0.15, 0.2) is 64.9 Å². The second-order valence-electron chi connectivity index (χ2n) is 8.59. The van der Waals surface area contributed by atoms with Crippen molar-refractivity contribution in [1.29, 1.82) is 0 Å². The number of Topliss-reactive ketones (excluding diaryl/α,β-unsaturated/α-hetero) is 1. The van der Waals surface area contributed by atoms with Gasteiger partial charge in [0, 0.05) is 25.1 Å². The summed E-state index contributed by atoms with van der Waals surface area (Å²) in [5, 5.41) is 10.7. The van der Waals surface area contributed by atoms with Crippen molar-refractivity contribution in [3.05, 3.63) is 71.0 Å². The SMILES string of the molecule is CCCCC(O)=C1C(=O)C[C@@H](c2ccccc2)CC1=NCCc1ccc(OCC)c(OCC)c1. The molecule has 1 aliphatic rings. The number of hydrogen-bond donors (Lipinski definition) is 1. The summed E-state index contributed by atoms with van der Waals surface area (Å²) in [5.41, 5.74) is 3.42. The third kappa shape index (κ3) is 6.72. The van der Waals surface area contributed by atoms with Crippen molar-refractivity contribution in [2.75, 3.05) is 19.8 Å². The third-order valence-electron chi connectivity index (χ3n) is 6.08. The lowest BCUT2D eigenvalue weighted by Gasteiger charge is -2.26. The van der Waals surface area contributed by atoms with E-state index in [4.69, 9.17) is 14.5 Å². The molecular weight excluding hydrogens is 426 g/mol. The van der Waals surface area contributed by atoms with Crippen molar-refractivity contribution in [2.24, 2.45) is 4.99 Å². The number of carbonyl (C=O) groups is 1. The van der Waals surface area contributed by atoms with Crippen LogP contribution in [-0.2, 0) is 11.2 Å². The molecule has 3 rings (SSSR count). The zero-order valence-corrected chi connectivity index (χ0v) is 20.7. The topological polar surface area (TPSA) is 68.1 Å². The maximum absolute atomic E-state index is 13.1. The number of ether oxygens (including phenoxy) is 2. The Hall–Kier alpha value is -3.08. The molecule has 2 aromatic carbocycles. The van der Waals surface area contributed by atoms with E-state index in [9.17, 15) is 9.90 Å². The Morgan fingerprint density at radius 2 is 1.74 bits per heavy atom. The molecule has 0 heterocycles. The largest absolute Gasteiger partial charge is 0.511 e. The molecule has 182 valence electrons. The zero-order chi connectivity index (χ0) is 24.3. The van der Waals surface area contributed by atoms with Gasteiger partial charge in [-0.15, -0.1) is 0 Å². The molecule has 0 aliphatic heterocycles. The summed E-state index contributed by atoms with van der Waals surface area (Å²) in [6.07, 6.45) is 4.11. The number of carbonyl (C=O) groups excluding carboxylic acids is 1. The molecule has 0 saturated heterocycles. The Kier molecular flexibility index (Phi) is 9.75. The van der Waals surface area contributed by atoms with Crippen molar-refractivity contribution < 1.29 is 19.4 Å². The van der Waals surface area contributed by atoms with Crippen LogP contribution < -0.4 is 9.47 Å². The van der Waals surface area contributed by atoms with Crippen LogP contribution in [-0.4, -0.2) is 36.4 Å². The third-order valence-corrected chi connectivity index (χ3v) is 6.08. The lowest BCUT2D eigenvalue weighted by atomic mass is 9.78. The second kappa shape index (κ2) is 13.0. The minimum atomic E-state index is -0.00726. The van der Waals surface area contributed by atoms with E-state index in [1.807, 2.05) is 50.2 Å². The molecule has 0 radical (unpaired) electrons. The molecule has 1 saturated carbocycles. The molecule has 0 unspecified atom stereocenters. The summed E-state index contributed by atoms with van der Waals surface area (Å²) < 4.78 is 11.4. The second-order valence-corrected chi connectivity index (χ2v) is 8.59. The van der Waals surface area contributed by atoms with Crippen molar-refractivity contribution in [1.82, 2.24) is 0 Å². The molecule has 1 fully saturated rings. The van der Waals surface area contributed by atoms with Gasteiger partial charge in [-0.2, -0.15) is 0 Å². The number of hydrogen-bond acceptors (Lipinski definition) is 5. The molecular formula is C29H37NO4. The van der Waals surface area contributed by atoms with Crippen molar-refractivity contribution in [3.8, 4) is 11.5 Å². The molecule has 2 aromatic rings. The van der Waals surface area contributed by atoms with Crippen LogP contribution >= 0.6 is 0 Å². The van der Waals surface area contributed by atoms with Crippen LogP contribution in [0.1, 0.15) is 69.9 Å². The van der Waals surface area contributed by atoms with Gasteiger partial charge in [0.2, 0.25) is 0 Å². The Labute approximate surface area is 203 Å². The van der Waals surface area contributed by atoms with Gasteiger partial charge in [0.25, 0.3) is 0 Å². The summed E-state index contributed by atoms with van der Waals surface area (Å²) in [7, 11) is 0. The Bertz CT molecular complexity index is 1010. The highest BCUT2D eigenvalue weighted by atomic mass is 16.5. The summed E-state index contributed by atoms with van der Waals surface area (Å²) in [6, 6.07) is 16.1. The fourth-order valence-corrected chi connectivity index (χ4v) is 4.37. The summed E-state index contributed by atoms with van der Waals surface area (Å²) in [4.78, 5) is 18.0. The number of nitrogens with zero attached hydrogens (tertiary/aromatic N) is 1. The molecule has 34 heavy (non-hydrogen) atoms. The number of benzene rings is 2. The first kappa shape index (κ1) is 25.5. The van der Waals surface area contributed by atoms with Crippen LogP contribution in [0.5, 0.6) is 11.5 Å². The summed E-state index contributed by atoms with van der Waals surface area (Å²) in [5.74, 6) is 1.76. The Balaban J connectivity index is 1.82. The van der Waals surface area contributed by atoms with E-state index in [1.165, 1.54) is 0 Å². The monoisotopic (exact) mass is 463 g/mol. The van der Waals surface area contributed by atoms with Crippen LogP contribution in [0.25, 0.3) is 0 Å². The molecule has 1 atom stereocenters. The number of aliphatic hydroxyl groups is 1. The molecule has 0 amide bonds. The van der Waals surface area contributed by atoms with E-state index in [0.717, 1.165) is 41.2 Å². The number of rotatable bonds is 11. The van der Waals surface area contributed by atoms with E-state index in [1.54, 1.807) is 0 Å². The maximum atomic E-state index is 13.1. The first-order chi connectivity index (χ1) is 16.6. The first-order valence-corrected chi connectivity index (χ1v) is 12.5. The number of aliphatic imine (C=N–C) groups is 1. The van der Waals surface area contributed by atoms with Crippen LogP contribution in [0, 0.1) is 0 Å². The van der Waals surface area contributed by atoms with Gasteiger partial charge in [-0.1, -0.05) is 49.7 Å². The van der Waals surface area contributed by atoms with E-state index in [-0.39, 0.29) is 17.5 Å². The first-order valence-electron chi connectivity index (χ1n) is 12.5. The average molecular weight is 464 g/mol. The minimum absolute atomic E-state index is 0.00726. The van der Waals surface area contributed by atoms with E-state index in [2.05, 4.69) is 19.1 Å². The fourth-order valence-electron chi connectivity index (χ4n) is 4.37. The number of allylic oxidation sites excluding steroid dienone is 2. The quantitative estimate of drug-likeness (QED) is 0.300. The highest BCUT2D eigenvalue weighted by Crippen LogP contribution is 2.34. The lowest BCUT2D eigenvalue weighted by Crippen LogP contribution is -2.27. The zero-order valence-electron chi connectivity index (χ0n) is 20.7. The van der Waals surface area contributed by atoms with Gasteiger partial charge >= 0.3 is 0 Å². The lowest BCUT2D eigenvalue weighted by molar-refractivity contribution is -0.116. The van der Waals surface area contributed by atoms with Gasteiger partial charge in [-0.25, -0.2) is 0 Å². The summed E-state index contributed by atoms with van der Waals surface area (Å²) in [6.45, 7) is 7.68. The Morgan fingerprint density at radius 1 is 1.00 bits per heavy atom.